The fourth-order valence-electron chi connectivity index (χ4n) is 2.42. The van der Waals surface area contributed by atoms with E-state index in [1.54, 1.807) is 0 Å². The minimum absolute atomic E-state index is 0.510. The van der Waals surface area contributed by atoms with Crippen LogP contribution in [0.5, 0.6) is 0 Å². The third kappa shape index (κ3) is 2.97. The molecule has 0 fully saturated rings. The first-order valence-corrected chi connectivity index (χ1v) is 9.13. The molecule has 0 spiro atoms. The summed E-state index contributed by atoms with van der Waals surface area (Å²) in [5, 5.41) is 8.77. The number of benzene rings is 1. The Balaban J connectivity index is 1.52. The lowest BCUT2D eigenvalue weighted by Gasteiger charge is -1.97. The van der Waals surface area contributed by atoms with E-state index in [2.05, 4.69) is 44.1 Å². The molecular formula is C17H13BrN4OS. The van der Waals surface area contributed by atoms with Crippen molar-refractivity contribution in [3.63, 3.8) is 0 Å². The zero-order valence-electron chi connectivity index (χ0n) is 12.8. The van der Waals surface area contributed by atoms with Crippen LogP contribution < -0.4 is 0 Å². The fourth-order valence-corrected chi connectivity index (χ4v) is 3.52. The van der Waals surface area contributed by atoms with E-state index in [1.807, 2.05) is 47.1 Å². The summed E-state index contributed by atoms with van der Waals surface area (Å²) < 4.78 is 8.71. The molecule has 0 bridgehead atoms. The number of pyridine rings is 1. The highest BCUT2D eigenvalue weighted by atomic mass is 79.9. The van der Waals surface area contributed by atoms with Crippen LogP contribution in [0.25, 0.3) is 17.1 Å². The van der Waals surface area contributed by atoms with Crippen molar-refractivity contribution in [1.29, 1.82) is 0 Å². The van der Waals surface area contributed by atoms with Gasteiger partial charge in [0.15, 0.2) is 0 Å². The lowest BCUT2D eigenvalue weighted by Crippen LogP contribution is -1.84. The molecule has 0 unspecified atom stereocenters. The summed E-state index contributed by atoms with van der Waals surface area (Å²) in [6.45, 7) is 2.06. The van der Waals surface area contributed by atoms with Crippen molar-refractivity contribution in [3.8, 4) is 11.5 Å². The van der Waals surface area contributed by atoms with E-state index in [0.29, 0.717) is 16.9 Å². The predicted molar refractivity (Wildman–Crippen MR) is 96.9 cm³/mol. The van der Waals surface area contributed by atoms with Gasteiger partial charge in [0.05, 0.1) is 11.3 Å². The largest absolute Gasteiger partial charge is 0.411 e. The van der Waals surface area contributed by atoms with Crippen molar-refractivity contribution in [3.05, 3.63) is 64.5 Å². The van der Waals surface area contributed by atoms with Crippen LogP contribution in [0.15, 0.2) is 62.9 Å². The van der Waals surface area contributed by atoms with Crippen molar-refractivity contribution in [1.82, 2.24) is 19.6 Å². The minimum Gasteiger partial charge on any atom is -0.411 e. The molecule has 7 heteroatoms. The highest BCUT2D eigenvalue weighted by Gasteiger charge is 2.12. The molecule has 3 aromatic heterocycles. The van der Waals surface area contributed by atoms with Crippen LogP contribution in [0.2, 0.25) is 0 Å². The van der Waals surface area contributed by atoms with E-state index in [4.69, 9.17) is 4.42 Å². The molecular weight excluding hydrogens is 388 g/mol. The van der Waals surface area contributed by atoms with Gasteiger partial charge in [0.1, 0.15) is 5.65 Å². The molecule has 0 aliphatic carbocycles. The molecule has 0 aliphatic rings. The molecule has 0 aliphatic heterocycles. The van der Waals surface area contributed by atoms with Gasteiger partial charge in [0.2, 0.25) is 5.89 Å². The van der Waals surface area contributed by atoms with Gasteiger partial charge in [-0.1, -0.05) is 30.0 Å². The predicted octanol–water partition coefficient (Wildman–Crippen LogP) is 4.75. The number of rotatable bonds is 4. The van der Waals surface area contributed by atoms with Crippen LogP contribution >= 0.6 is 27.7 Å². The third-order valence-corrected chi connectivity index (χ3v) is 5.13. The molecule has 0 N–H and O–H groups in total. The van der Waals surface area contributed by atoms with Crippen LogP contribution in [0.4, 0.5) is 0 Å². The van der Waals surface area contributed by atoms with E-state index in [0.717, 1.165) is 26.9 Å². The summed E-state index contributed by atoms with van der Waals surface area (Å²) in [7, 11) is 0. The average molecular weight is 401 g/mol. The highest BCUT2D eigenvalue weighted by molar-refractivity contribution is 9.10. The Kier molecular flexibility index (Phi) is 4.12. The quantitative estimate of drug-likeness (QED) is 0.462. The molecule has 4 rings (SSSR count). The number of hydrogen-bond acceptors (Lipinski definition) is 5. The lowest BCUT2D eigenvalue weighted by atomic mass is 10.2. The second kappa shape index (κ2) is 6.41. The van der Waals surface area contributed by atoms with Crippen LogP contribution in [0, 0.1) is 6.92 Å². The maximum atomic E-state index is 5.75. The molecule has 0 radical (unpaired) electrons. The van der Waals surface area contributed by atoms with E-state index in [-0.39, 0.29) is 0 Å². The summed E-state index contributed by atoms with van der Waals surface area (Å²) >= 11 is 4.98. The topological polar surface area (TPSA) is 56.2 Å². The second-order valence-corrected chi connectivity index (χ2v) is 7.08. The Morgan fingerprint density at radius 1 is 1.17 bits per heavy atom. The standard InChI is InChI=1S/C17H13BrN4OS/c1-11-5-4-8-22-9-12(19-15(11)22)10-24-17-21-20-16(23-17)13-6-2-3-7-14(13)18/h2-9H,10H2,1H3. The number of thioether (sulfide) groups is 1. The third-order valence-electron chi connectivity index (χ3n) is 3.58. The number of aryl methyl sites for hydroxylation is 1. The van der Waals surface area contributed by atoms with Crippen molar-refractivity contribution in [2.75, 3.05) is 0 Å². The number of fused-ring (bicyclic) bond motifs is 1. The van der Waals surface area contributed by atoms with Gasteiger partial charge in [-0.15, -0.1) is 10.2 Å². The summed E-state index contributed by atoms with van der Waals surface area (Å²) in [6.07, 6.45) is 4.03. The zero-order valence-corrected chi connectivity index (χ0v) is 15.2. The monoisotopic (exact) mass is 400 g/mol. The van der Waals surface area contributed by atoms with Crippen LogP contribution in [-0.2, 0) is 5.75 Å². The van der Waals surface area contributed by atoms with Crippen LogP contribution in [0.3, 0.4) is 0 Å². The molecule has 4 aromatic rings. The summed E-state index contributed by atoms with van der Waals surface area (Å²) in [6, 6.07) is 11.9. The Morgan fingerprint density at radius 3 is 2.88 bits per heavy atom. The number of nitrogens with zero attached hydrogens (tertiary/aromatic N) is 4. The Bertz CT molecular complexity index is 1010. The Morgan fingerprint density at radius 2 is 2.04 bits per heavy atom. The van der Waals surface area contributed by atoms with Gasteiger partial charge in [0, 0.05) is 22.6 Å². The Labute approximate surface area is 151 Å². The van der Waals surface area contributed by atoms with Crippen molar-refractivity contribution in [2.24, 2.45) is 0 Å². The van der Waals surface area contributed by atoms with Crippen molar-refractivity contribution < 1.29 is 4.42 Å². The first-order chi connectivity index (χ1) is 11.7. The average Bonchev–Trinajstić information content (AvgIpc) is 3.20. The molecule has 120 valence electrons. The maximum absolute atomic E-state index is 5.75. The Hall–Kier alpha value is -2.12. The molecule has 0 atom stereocenters. The molecule has 5 nitrogen and oxygen atoms in total. The smallest absolute Gasteiger partial charge is 0.277 e. The number of aromatic nitrogens is 4. The highest BCUT2D eigenvalue weighted by Crippen LogP contribution is 2.30. The lowest BCUT2D eigenvalue weighted by molar-refractivity contribution is 0.465. The van der Waals surface area contributed by atoms with Gasteiger partial charge >= 0.3 is 0 Å². The number of imidazole rings is 1. The fraction of sp³-hybridized carbons (Fsp3) is 0.118. The van der Waals surface area contributed by atoms with E-state index >= 15 is 0 Å². The normalized spacial score (nSPS) is 11.2. The van der Waals surface area contributed by atoms with Crippen molar-refractivity contribution in [2.45, 2.75) is 17.9 Å². The summed E-state index contributed by atoms with van der Waals surface area (Å²) in [5.74, 6) is 1.19. The second-order valence-electron chi connectivity index (χ2n) is 5.30. The molecule has 0 saturated heterocycles. The molecule has 1 aromatic carbocycles. The molecule has 0 amide bonds. The SMILES string of the molecule is Cc1cccn2cc(CSc3nnc(-c4ccccc4Br)o3)nc12. The van der Waals surface area contributed by atoms with Gasteiger partial charge < -0.3 is 8.82 Å². The van der Waals surface area contributed by atoms with Crippen molar-refractivity contribution >= 4 is 33.3 Å². The summed E-state index contributed by atoms with van der Waals surface area (Å²) in [5.41, 5.74) is 4.01. The van der Waals surface area contributed by atoms with Gasteiger partial charge in [0.25, 0.3) is 5.22 Å². The zero-order chi connectivity index (χ0) is 16.5. The van der Waals surface area contributed by atoms with E-state index in [9.17, 15) is 0 Å². The first kappa shape index (κ1) is 15.4. The first-order valence-electron chi connectivity index (χ1n) is 7.35. The minimum atomic E-state index is 0.510. The van der Waals surface area contributed by atoms with Gasteiger partial charge in [-0.3, -0.25) is 0 Å². The van der Waals surface area contributed by atoms with E-state index < -0.39 is 0 Å². The van der Waals surface area contributed by atoms with Gasteiger partial charge in [-0.05, 0) is 46.6 Å². The number of halogens is 1. The molecule has 0 saturated carbocycles. The number of hydrogen-bond donors (Lipinski definition) is 0. The van der Waals surface area contributed by atoms with Gasteiger partial charge in [-0.25, -0.2) is 4.98 Å². The molecule has 24 heavy (non-hydrogen) atoms. The van der Waals surface area contributed by atoms with E-state index in [1.165, 1.54) is 11.8 Å². The van der Waals surface area contributed by atoms with Gasteiger partial charge in [-0.2, -0.15) is 0 Å². The molecule has 3 heterocycles. The van der Waals surface area contributed by atoms with Crippen LogP contribution in [0.1, 0.15) is 11.3 Å². The summed E-state index contributed by atoms with van der Waals surface area (Å²) in [4.78, 5) is 4.65. The maximum Gasteiger partial charge on any atom is 0.277 e. The van der Waals surface area contributed by atoms with Crippen LogP contribution in [-0.4, -0.2) is 19.6 Å².